The van der Waals surface area contributed by atoms with E-state index >= 15 is 0 Å². The Morgan fingerprint density at radius 3 is 2.67 bits per heavy atom. The predicted octanol–water partition coefficient (Wildman–Crippen LogP) is 2.44. The quantitative estimate of drug-likeness (QED) is 0.931. The number of hydrogen-bond donors (Lipinski definition) is 1. The number of carboxylic acids is 1. The van der Waals surface area contributed by atoms with Crippen LogP contribution >= 0.6 is 11.6 Å². The molecule has 1 amide bonds. The molecule has 2 rings (SSSR count). The molecule has 1 N–H and O–H groups in total. The van der Waals surface area contributed by atoms with Crippen LogP contribution in [0.15, 0.2) is 23.8 Å². The highest BCUT2D eigenvalue weighted by Crippen LogP contribution is 2.30. The minimum atomic E-state index is -1.30. The molecule has 0 aromatic heterocycles. The Labute approximate surface area is 127 Å². The summed E-state index contributed by atoms with van der Waals surface area (Å²) >= 11 is 5.92. The molecular weight excluding hydrogens is 294 g/mol. The third-order valence-corrected chi connectivity index (χ3v) is 3.86. The minimum absolute atomic E-state index is 0.105. The zero-order valence-electron chi connectivity index (χ0n) is 12.0. The molecule has 0 spiro atoms. The fraction of sp³-hybridized carbons (Fsp3) is 0.333. The van der Waals surface area contributed by atoms with Crippen LogP contribution in [0.4, 0.5) is 0 Å². The maximum Gasteiger partial charge on any atom is 0.329 e. The number of rotatable bonds is 3. The number of carboxylic acid groups (broad SMARTS) is 1. The van der Waals surface area contributed by atoms with Crippen molar-refractivity contribution in [1.29, 1.82) is 0 Å². The van der Waals surface area contributed by atoms with Gasteiger partial charge in [0.1, 0.15) is 17.9 Å². The summed E-state index contributed by atoms with van der Waals surface area (Å²) in [6, 6.07) is 5.15. The van der Waals surface area contributed by atoms with Gasteiger partial charge in [-0.3, -0.25) is 4.79 Å². The third-order valence-electron chi connectivity index (χ3n) is 3.63. The second-order valence-electron chi connectivity index (χ2n) is 5.37. The van der Waals surface area contributed by atoms with Crippen LogP contribution in [0.5, 0.6) is 5.75 Å². The number of aliphatic carboxylic acids is 1. The van der Waals surface area contributed by atoms with Crippen molar-refractivity contribution in [3.05, 3.63) is 34.4 Å². The second kappa shape index (κ2) is 5.41. The van der Waals surface area contributed by atoms with Gasteiger partial charge in [-0.2, -0.15) is 0 Å². The molecule has 1 aliphatic heterocycles. The summed E-state index contributed by atoms with van der Waals surface area (Å²) in [6.45, 7) is 3.05. The van der Waals surface area contributed by atoms with Gasteiger partial charge in [-0.1, -0.05) is 11.6 Å². The van der Waals surface area contributed by atoms with Crippen molar-refractivity contribution in [1.82, 2.24) is 4.90 Å². The highest BCUT2D eigenvalue weighted by atomic mass is 35.5. The summed E-state index contributed by atoms with van der Waals surface area (Å²) in [5.74, 6) is -0.803. The Morgan fingerprint density at radius 2 is 2.05 bits per heavy atom. The van der Waals surface area contributed by atoms with Crippen molar-refractivity contribution >= 4 is 29.6 Å². The van der Waals surface area contributed by atoms with Gasteiger partial charge in [0.15, 0.2) is 0 Å². The number of benzene rings is 1. The molecule has 0 saturated carbocycles. The number of carbonyl (C=O) groups is 2. The van der Waals surface area contributed by atoms with Crippen molar-refractivity contribution in [2.45, 2.75) is 19.4 Å². The van der Waals surface area contributed by atoms with Crippen LogP contribution in [0, 0.1) is 0 Å². The Balaban J connectivity index is 2.31. The van der Waals surface area contributed by atoms with Crippen LogP contribution in [-0.4, -0.2) is 41.1 Å². The molecular formula is C15H16ClNO4. The molecule has 0 atom stereocenters. The lowest BCUT2D eigenvalue weighted by Crippen LogP contribution is -2.51. The van der Waals surface area contributed by atoms with Crippen molar-refractivity contribution in [2.75, 3.05) is 13.7 Å². The zero-order valence-corrected chi connectivity index (χ0v) is 12.8. The first-order valence-electron chi connectivity index (χ1n) is 6.38. The number of amides is 1. The summed E-state index contributed by atoms with van der Waals surface area (Å²) in [6.07, 6.45) is 1.68. The number of carbonyl (C=O) groups excluding carboxylic acids is 1. The fourth-order valence-electron chi connectivity index (χ4n) is 1.88. The van der Waals surface area contributed by atoms with Crippen LogP contribution in [-0.2, 0) is 9.59 Å². The van der Waals surface area contributed by atoms with Gasteiger partial charge in [-0.25, -0.2) is 4.79 Å². The van der Waals surface area contributed by atoms with E-state index in [0.717, 1.165) is 0 Å². The number of nitrogens with zero attached hydrogens (tertiary/aromatic N) is 1. The van der Waals surface area contributed by atoms with Crippen molar-refractivity contribution in [3.8, 4) is 5.75 Å². The monoisotopic (exact) mass is 309 g/mol. The summed E-state index contributed by atoms with van der Waals surface area (Å²) in [5.41, 5.74) is -0.202. The lowest BCUT2D eigenvalue weighted by molar-refractivity contribution is -0.154. The third kappa shape index (κ3) is 2.88. The average Bonchev–Trinajstić information content (AvgIpc) is 2.44. The van der Waals surface area contributed by atoms with Crippen molar-refractivity contribution < 1.29 is 19.4 Å². The van der Waals surface area contributed by atoms with Crippen LogP contribution < -0.4 is 4.74 Å². The van der Waals surface area contributed by atoms with Crippen LogP contribution in [0.3, 0.4) is 0 Å². The SMILES string of the molecule is CN(C(=O)C1=Cc2cc(Cl)ccc2OC1)C(C)(C)C(=O)O. The van der Waals surface area contributed by atoms with Gasteiger partial charge in [0.2, 0.25) is 0 Å². The normalized spacial score (nSPS) is 13.8. The topological polar surface area (TPSA) is 66.8 Å². The molecule has 6 heteroatoms. The Bertz CT molecular complexity index is 637. The number of halogens is 1. The molecule has 112 valence electrons. The van der Waals surface area contributed by atoms with Gasteiger partial charge in [-0.05, 0) is 38.1 Å². The Kier molecular flexibility index (Phi) is 3.96. The summed E-state index contributed by atoms with van der Waals surface area (Å²) < 4.78 is 5.51. The maximum absolute atomic E-state index is 12.4. The molecule has 0 bridgehead atoms. The molecule has 5 nitrogen and oxygen atoms in total. The number of hydrogen-bond acceptors (Lipinski definition) is 3. The fourth-order valence-corrected chi connectivity index (χ4v) is 2.07. The van der Waals surface area contributed by atoms with E-state index in [2.05, 4.69) is 0 Å². The van der Waals surface area contributed by atoms with E-state index in [1.54, 1.807) is 24.3 Å². The molecule has 0 unspecified atom stereocenters. The van der Waals surface area contributed by atoms with E-state index in [9.17, 15) is 14.7 Å². The largest absolute Gasteiger partial charge is 0.488 e. The first-order chi connectivity index (χ1) is 9.73. The van der Waals surface area contributed by atoms with Crippen molar-refractivity contribution in [3.63, 3.8) is 0 Å². The van der Waals surface area contributed by atoms with Crippen LogP contribution in [0.2, 0.25) is 5.02 Å². The predicted molar refractivity (Wildman–Crippen MR) is 79.4 cm³/mol. The number of fused-ring (bicyclic) bond motifs is 1. The minimum Gasteiger partial charge on any atom is -0.488 e. The van der Waals surface area contributed by atoms with Gasteiger partial charge >= 0.3 is 5.97 Å². The van der Waals surface area contributed by atoms with Gasteiger partial charge in [0, 0.05) is 17.6 Å². The van der Waals surface area contributed by atoms with Gasteiger partial charge in [-0.15, -0.1) is 0 Å². The number of likely N-dealkylation sites (N-methyl/N-ethyl adjacent to an activating group) is 1. The molecule has 1 heterocycles. The zero-order chi connectivity index (χ0) is 15.8. The second-order valence-corrected chi connectivity index (χ2v) is 5.81. The summed E-state index contributed by atoms with van der Waals surface area (Å²) in [7, 11) is 1.46. The summed E-state index contributed by atoms with van der Waals surface area (Å²) in [4.78, 5) is 24.9. The number of ether oxygens (including phenoxy) is 1. The van der Waals surface area contributed by atoms with Crippen LogP contribution in [0.1, 0.15) is 19.4 Å². The van der Waals surface area contributed by atoms with Crippen molar-refractivity contribution in [2.24, 2.45) is 0 Å². The van der Waals surface area contributed by atoms with Crippen LogP contribution in [0.25, 0.3) is 6.08 Å². The highest BCUT2D eigenvalue weighted by molar-refractivity contribution is 6.30. The Hall–Kier alpha value is -2.01. The molecule has 0 radical (unpaired) electrons. The lowest BCUT2D eigenvalue weighted by atomic mass is 10.0. The molecule has 1 aliphatic rings. The van der Waals surface area contributed by atoms with Gasteiger partial charge < -0.3 is 14.7 Å². The molecule has 1 aromatic rings. The first kappa shape index (κ1) is 15.4. The first-order valence-corrected chi connectivity index (χ1v) is 6.75. The van der Waals surface area contributed by atoms with E-state index in [0.29, 0.717) is 21.9 Å². The maximum atomic E-state index is 12.4. The van der Waals surface area contributed by atoms with Gasteiger partial charge in [0.25, 0.3) is 5.91 Å². The van der Waals surface area contributed by atoms with E-state index < -0.39 is 11.5 Å². The standard InChI is InChI=1S/C15H16ClNO4/c1-15(2,14(19)20)17(3)13(18)10-6-9-7-11(16)4-5-12(9)21-8-10/h4-7H,8H2,1-3H3,(H,19,20). The lowest BCUT2D eigenvalue weighted by Gasteiger charge is -2.32. The van der Waals surface area contributed by atoms with E-state index in [-0.39, 0.29) is 12.5 Å². The Morgan fingerprint density at radius 1 is 1.38 bits per heavy atom. The molecule has 0 fully saturated rings. The highest BCUT2D eigenvalue weighted by Gasteiger charge is 2.36. The smallest absolute Gasteiger partial charge is 0.329 e. The molecule has 0 saturated heterocycles. The van der Waals surface area contributed by atoms with E-state index in [1.165, 1.54) is 25.8 Å². The van der Waals surface area contributed by atoms with Gasteiger partial charge in [0.05, 0.1) is 5.57 Å². The molecule has 21 heavy (non-hydrogen) atoms. The summed E-state index contributed by atoms with van der Waals surface area (Å²) in [5, 5.41) is 9.73. The van der Waals surface area contributed by atoms with E-state index in [4.69, 9.17) is 16.3 Å². The molecule has 1 aromatic carbocycles. The van der Waals surface area contributed by atoms with E-state index in [1.807, 2.05) is 0 Å². The molecule has 0 aliphatic carbocycles. The average molecular weight is 310 g/mol.